The van der Waals surface area contributed by atoms with Crippen LogP contribution in [0, 0.1) is 13.8 Å². The minimum absolute atomic E-state index is 0.932. The number of rotatable bonds is 3. The van der Waals surface area contributed by atoms with Gasteiger partial charge in [-0.3, -0.25) is 0 Å². The zero-order chi connectivity index (χ0) is 13.9. The second-order valence-electron chi connectivity index (χ2n) is 4.80. The van der Waals surface area contributed by atoms with E-state index in [1.165, 1.54) is 11.1 Å². The monoisotopic (exact) mass is 280 g/mol. The summed E-state index contributed by atoms with van der Waals surface area (Å²) in [6.07, 6.45) is 0. The highest BCUT2D eigenvalue weighted by Crippen LogP contribution is 2.29. The molecule has 1 aromatic heterocycles. The van der Waals surface area contributed by atoms with Crippen LogP contribution in [0.3, 0.4) is 0 Å². The summed E-state index contributed by atoms with van der Waals surface area (Å²) in [5.74, 6) is 0. The molecule has 0 unspecified atom stereocenters. The van der Waals surface area contributed by atoms with Gasteiger partial charge in [0.2, 0.25) is 0 Å². The fraction of sp³-hybridized carbons (Fsp3) is 0.118. The molecule has 1 heterocycles. The number of nitrogens with one attached hydrogen (secondary N) is 1. The molecule has 2 nitrogen and oxygen atoms in total. The van der Waals surface area contributed by atoms with E-state index in [0.29, 0.717) is 0 Å². The van der Waals surface area contributed by atoms with Gasteiger partial charge < -0.3 is 5.32 Å². The third-order valence-corrected chi connectivity index (χ3v) is 4.04. The van der Waals surface area contributed by atoms with Crippen molar-refractivity contribution in [3.05, 3.63) is 65.0 Å². The van der Waals surface area contributed by atoms with Crippen LogP contribution in [0.1, 0.15) is 11.1 Å². The highest BCUT2D eigenvalue weighted by Gasteiger charge is 2.07. The van der Waals surface area contributed by atoms with Crippen LogP contribution in [0.15, 0.2) is 53.9 Å². The van der Waals surface area contributed by atoms with Gasteiger partial charge in [-0.2, -0.15) is 0 Å². The first-order valence-corrected chi connectivity index (χ1v) is 7.46. The van der Waals surface area contributed by atoms with Crippen molar-refractivity contribution >= 4 is 22.2 Å². The Labute approximate surface area is 123 Å². The number of aryl methyl sites for hydroxylation is 2. The van der Waals surface area contributed by atoms with E-state index in [4.69, 9.17) is 0 Å². The van der Waals surface area contributed by atoms with Crippen molar-refractivity contribution in [2.45, 2.75) is 13.8 Å². The topological polar surface area (TPSA) is 24.9 Å². The average molecular weight is 280 g/mol. The molecule has 0 amide bonds. The highest BCUT2D eigenvalue weighted by atomic mass is 32.1. The van der Waals surface area contributed by atoms with Crippen LogP contribution in [-0.4, -0.2) is 4.98 Å². The molecule has 3 heteroatoms. The number of hydrogen-bond acceptors (Lipinski definition) is 3. The average Bonchev–Trinajstić information content (AvgIpc) is 2.93. The largest absolute Gasteiger partial charge is 0.331 e. The van der Waals surface area contributed by atoms with Gasteiger partial charge in [-0.1, -0.05) is 48.5 Å². The standard InChI is InChI=1S/C17H16N2S/c1-12-7-6-8-13(2)16(12)19-17-18-15(11-20-17)14-9-4-3-5-10-14/h3-11H,1-2H3,(H,18,19). The van der Waals surface area contributed by atoms with E-state index in [9.17, 15) is 0 Å². The molecule has 0 aliphatic rings. The lowest BCUT2D eigenvalue weighted by atomic mass is 10.1. The Morgan fingerprint density at radius 1 is 0.900 bits per heavy atom. The van der Waals surface area contributed by atoms with E-state index < -0.39 is 0 Å². The number of hydrogen-bond donors (Lipinski definition) is 1. The summed E-state index contributed by atoms with van der Waals surface area (Å²) in [7, 11) is 0. The summed E-state index contributed by atoms with van der Waals surface area (Å²) in [6, 6.07) is 16.6. The third kappa shape index (κ3) is 2.58. The lowest BCUT2D eigenvalue weighted by Crippen LogP contribution is -1.95. The molecule has 0 radical (unpaired) electrons. The molecule has 0 aliphatic heterocycles. The molecule has 0 saturated carbocycles. The van der Waals surface area contributed by atoms with E-state index in [1.54, 1.807) is 11.3 Å². The van der Waals surface area contributed by atoms with Crippen LogP contribution in [0.2, 0.25) is 0 Å². The minimum Gasteiger partial charge on any atom is -0.331 e. The fourth-order valence-electron chi connectivity index (χ4n) is 2.19. The smallest absolute Gasteiger partial charge is 0.187 e. The van der Waals surface area contributed by atoms with Gasteiger partial charge in [-0.25, -0.2) is 4.98 Å². The van der Waals surface area contributed by atoms with Gasteiger partial charge in [-0.15, -0.1) is 11.3 Å². The number of para-hydroxylation sites is 1. The number of thiazole rings is 1. The second-order valence-corrected chi connectivity index (χ2v) is 5.65. The van der Waals surface area contributed by atoms with Crippen LogP contribution in [0.4, 0.5) is 10.8 Å². The van der Waals surface area contributed by atoms with E-state index in [1.807, 2.05) is 18.2 Å². The molecule has 0 bridgehead atoms. The maximum absolute atomic E-state index is 4.67. The van der Waals surface area contributed by atoms with Crippen LogP contribution in [0.5, 0.6) is 0 Å². The third-order valence-electron chi connectivity index (χ3n) is 3.29. The van der Waals surface area contributed by atoms with E-state index in [-0.39, 0.29) is 0 Å². The Kier molecular flexibility index (Phi) is 3.52. The summed E-state index contributed by atoms with van der Waals surface area (Å²) in [4.78, 5) is 4.67. The predicted octanol–water partition coefficient (Wildman–Crippen LogP) is 5.17. The summed E-state index contributed by atoms with van der Waals surface area (Å²) in [5.41, 5.74) is 5.80. The summed E-state index contributed by atoms with van der Waals surface area (Å²) in [5, 5.41) is 6.46. The zero-order valence-corrected chi connectivity index (χ0v) is 12.4. The number of aromatic nitrogens is 1. The van der Waals surface area contributed by atoms with Gasteiger partial charge in [-0.05, 0) is 25.0 Å². The molecule has 0 fully saturated rings. The van der Waals surface area contributed by atoms with Gasteiger partial charge in [0.05, 0.1) is 5.69 Å². The molecule has 20 heavy (non-hydrogen) atoms. The first-order chi connectivity index (χ1) is 9.74. The molecular weight excluding hydrogens is 264 g/mol. The van der Waals surface area contributed by atoms with Gasteiger partial charge in [0.25, 0.3) is 0 Å². The number of anilines is 2. The van der Waals surface area contributed by atoms with Crippen molar-refractivity contribution in [3.8, 4) is 11.3 Å². The molecule has 2 aromatic carbocycles. The lowest BCUT2D eigenvalue weighted by Gasteiger charge is -2.09. The normalized spacial score (nSPS) is 10.5. The summed E-state index contributed by atoms with van der Waals surface area (Å²) in [6.45, 7) is 4.22. The van der Waals surface area contributed by atoms with Gasteiger partial charge in [0.15, 0.2) is 5.13 Å². The van der Waals surface area contributed by atoms with E-state index in [0.717, 1.165) is 22.1 Å². The highest BCUT2D eigenvalue weighted by molar-refractivity contribution is 7.14. The van der Waals surface area contributed by atoms with Crippen molar-refractivity contribution in [1.29, 1.82) is 0 Å². The molecule has 0 atom stereocenters. The first-order valence-electron chi connectivity index (χ1n) is 6.58. The summed E-state index contributed by atoms with van der Waals surface area (Å²) < 4.78 is 0. The quantitative estimate of drug-likeness (QED) is 0.716. The van der Waals surface area contributed by atoms with Crippen LogP contribution >= 0.6 is 11.3 Å². The molecule has 100 valence electrons. The van der Waals surface area contributed by atoms with E-state index in [2.05, 4.69) is 59.9 Å². The summed E-state index contributed by atoms with van der Waals surface area (Å²) >= 11 is 1.63. The molecule has 1 N–H and O–H groups in total. The number of benzene rings is 2. The van der Waals surface area contributed by atoms with Gasteiger partial charge in [0.1, 0.15) is 0 Å². The van der Waals surface area contributed by atoms with Crippen molar-refractivity contribution in [2.75, 3.05) is 5.32 Å². The van der Waals surface area contributed by atoms with Crippen molar-refractivity contribution in [2.24, 2.45) is 0 Å². The second kappa shape index (κ2) is 5.47. The van der Waals surface area contributed by atoms with E-state index >= 15 is 0 Å². The Morgan fingerprint density at radius 3 is 2.30 bits per heavy atom. The van der Waals surface area contributed by atoms with Crippen molar-refractivity contribution in [1.82, 2.24) is 4.98 Å². The maximum atomic E-state index is 4.67. The van der Waals surface area contributed by atoms with Gasteiger partial charge >= 0.3 is 0 Å². The Morgan fingerprint density at radius 2 is 1.60 bits per heavy atom. The molecule has 3 aromatic rings. The van der Waals surface area contributed by atoms with Crippen LogP contribution in [-0.2, 0) is 0 Å². The van der Waals surface area contributed by atoms with Crippen molar-refractivity contribution in [3.63, 3.8) is 0 Å². The SMILES string of the molecule is Cc1cccc(C)c1Nc1nc(-c2ccccc2)cs1. The molecular formula is C17H16N2S. The fourth-order valence-corrected chi connectivity index (χ4v) is 2.92. The lowest BCUT2D eigenvalue weighted by molar-refractivity contribution is 1.33. The van der Waals surface area contributed by atoms with Crippen LogP contribution < -0.4 is 5.32 Å². The predicted molar refractivity (Wildman–Crippen MR) is 86.7 cm³/mol. The van der Waals surface area contributed by atoms with Crippen molar-refractivity contribution < 1.29 is 0 Å². The Hall–Kier alpha value is -2.13. The molecule has 0 aliphatic carbocycles. The van der Waals surface area contributed by atoms with Gasteiger partial charge in [0, 0.05) is 16.6 Å². The first kappa shape index (κ1) is 12.9. The molecule has 3 rings (SSSR count). The number of nitrogens with zero attached hydrogens (tertiary/aromatic N) is 1. The zero-order valence-electron chi connectivity index (χ0n) is 11.6. The maximum Gasteiger partial charge on any atom is 0.187 e. The van der Waals surface area contributed by atoms with Crippen LogP contribution in [0.25, 0.3) is 11.3 Å². The Balaban J connectivity index is 1.88. The Bertz CT molecular complexity index is 697. The molecule has 0 saturated heterocycles. The molecule has 0 spiro atoms. The minimum atomic E-state index is 0.932.